The summed E-state index contributed by atoms with van der Waals surface area (Å²) < 4.78 is 0. The number of halogens is 1. The number of benzene rings is 1. The van der Waals surface area contributed by atoms with Gasteiger partial charge < -0.3 is 15.6 Å². The first-order valence-corrected chi connectivity index (χ1v) is 13.4. The number of carbonyl (C=O) groups is 1. The molecule has 4 aromatic rings. The van der Waals surface area contributed by atoms with E-state index in [9.17, 15) is 4.79 Å². The van der Waals surface area contributed by atoms with Gasteiger partial charge in [-0.2, -0.15) is 0 Å². The molecule has 0 radical (unpaired) electrons. The van der Waals surface area contributed by atoms with Crippen molar-refractivity contribution in [3.05, 3.63) is 112 Å². The van der Waals surface area contributed by atoms with Crippen molar-refractivity contribution in [3.8, 4) is 0 Å². The van der Waals surface area contributed by atoms with Gasteiger partial charge >= 0.3 is 0 Å². The minimum Gasteiger partial charge on any atom is -0.348 e. The highest BCUT2D eigenvalue weighted by Gasteiger charge is 2.27. The first kappa shape index (κ1) is 26.0. The Morgan fingerprint density at radius 2 is 1.92 bits per heavy atom. The molecule has 1 aliphatic rings. The number of aromatic nitrogens is 4. The van der Waals surface area contributed by atoms with Gasteiger partial charge in [0.1, 0.15) is 5.82 Å². The second-order valence-corrected chi connectivity index (χ2v) is 9.90. The predicted octanol–water partition coefficient (Wildman–Crippen LogP) is 4.45. The molecule has 1 unspecified atom stereocenters. The number of nitrogens with one attached hydrogen (secondary N) is 3. The Labute approximate surface area is 227 Å². The minimum atomic E-state index is -0.210. The second kappa shape index (κ2) is 12.8. The number of aromatic amines is 1. The van der Waals surface area contributed by atoms with Gasteiger partial charge in [0, 0.05) is 57.2 Å². The van der Waals surface area contributed by atoms with E-state index >= 15 is 0 Å². The Kier molecular flexibility index (Phi) is 8.75. The number of rotatable bonds is 11. The van der Waals surface area contributed by atoms with Gasteiger partial charge in [-0.15, -0.1) is 0 Å². The van der Waals surface area contributed by atoms with Crippen molar-refractivity contribution < 1.29 is 4.79 Å². The molecular formula is C29H32ClN7O. The van der Waals surface area contributed by atoms with Crippen LogP contribution in [0.25, 0.3) is 0 Å². The van der Waals surface area contributed by atoms with Crippen LogP contribution in [0.5, 0.6) is 0 Å². The molecule has 0 aliphatic heterocycles. The van der Waals surface area contributed by atoms with Crippen molar-refractivity contribution in [1.82, 2.24) is 35.5 Å². The maximum atomic E-state index is 12.5. The third-order valence-corrected chi connectivity index (χ3v) is 7.21. The third kappa shape index (κ3) is 6.64. The van der Waals surface area contributed by atoms with Crippen molar-refractivity contribution in [2.45, 2.75) is 44.9 Å². The van der Waals surface area contributed by atoms with Gasteiger partial charge in [-0.3, -0.25) is 19.7 Å². The largest absolute Gasteiger partial charge is 0.348 e. The van der Waals surface area contributed by atoms with Crippen molar-refractivity contribution in [2.24, 2.45) is 0 Å². The number of H-pyrrole nitrogens is 1. The number of carbonyl (C=O) groups excluding carboxylic acids is 1. The van der Waals surface area contributed by atoms with Crippen LogP contribution in [0.3, 0.4) is 0 Å². The van der Waals surface area contributed by atoms with Crippen LogP contribution in [0.15, 0.2) is 73.4 Å². The molecule has 3 N–H and O–H groups in total. The fourth-order valence-corrected chi connectivity index (χ4v) is 5.15. The molecule has 8 nitrogen and oxygen atoms in total. The van der Waals surface area contributed by atoms with Crippen LogP contribution in [0.2, 0.25) is 5.02 Å². The number of imidazole rings is 1. The fourth-order valence-electron chi connectivity index (χ4n) is 4.94. The van der Waals surface area contributed by atoms with Crippen LogP contribution < -0.4 is 10.6 Å². The topological polar surface area (TPSA) is 98.8 Å². The Morgan fingerprint density at radius 1 is 1.05 bits per heavy atom. The van der Waals surface area contributed by atoms with Gasteiger partial charge in [-0.1, -0.05) is 41.9 Å². The molecular weight excluding hydrogens is 498 g/mol. The van der Waals surface area contributed by atoms with E-state index in [2.05, 4.69) is 60.8 Å². The molecule has 3 aromatic heterocycles. The molecule has 0 saturated heterocycles. The van der Waals surface area contributed by atoms with E-state index in [1.807, 2.05) is 18.5 Å². The first-order valence-electron chi connectivity index (χ1n) is 13.0. The average Bonchev–Trinajstić information content (AvgIpc) is 3.48. The van der Waals surface area contributed by atoms with Crippen LogP contribution >= 0.6 is 11.6 Å². The summed E-state index contributed by atoms with van der Waals surface area (Å²) in [4.78, 5) is 31.2. The Balaban J connectivity index is 1.23. The SMILES string of the molecule is O=C(NCc1ccc(CN(CCNCc2ncc[nH]2)C2CCCc3cccnc32)cc1)c1ccncc1Cl. The summed E-state index contributed by atoms with van der Waals surface area (Å²) in [5.74, 6) is 0.730. The van der Waals surface area contributed by atoms with Crippen LogP contribution in [0.1, 0.15) is 57.5 Å². The fraction of sp³-hybridized carbons (Fsp3) is 0.310. The summed E-state index contributed by atoms with van der Waals surface area (Å²) in [7, 11) is 0. The van der Waals surface area contributed by atoms with Crippen LogP contribution in [-0.2, 0) is 26.1 Å². The number of fused-ring (bicyclic) bond motifs is 1. The number of pyridine rings is 2. The molecule has 1 atom stereocenters. The summed E-state index contributed by atoms with van der Waals surface area (Å²) in [6, 6.07) is 14.6. The van der Waals surface area contributed by atoms with Gasteiger partial charge in [-0.05, 0) is 48.1 Å². The maximum absolute atomic E-state index is 12.5. The molecule has 0 fully saturated rings. The summed E-state index contributed by atoms with van der Waals surface area (Å²) in [6.45, 7) is 3.71. The van der Waals surface area contributed by atoms with Crippen LogP contribution in [-0.4, -0.2) is 43.8 Å². The lowest BCUT2D eigenvalue weighted by Crippen LogP contribution is -2.36. The number of amides is 1. The van der Waals surface area contributed by atoms with Gasteiger partial charge in [0.05, 0.1) is 28.9 Å². The highest BCUT2D eigenvalue weighted by Crippen LogP contribution is 2.33. The average molecular weight is 530 g/mol. The standard InChI is InChI=1S/C29H32ClN7O/c30-25-18-31-12-10-24(25)29(38)36-17-21-6-8-22(9-7-21)20-37(16-15-32-19-27-33-13-14-34-27)26-5-1-3-23-4-2-11-35-28(23)26/h2,4,6-14,18,26,32H,1,3,5,15-17,19-20H2,(H,33,34)(H,36,38). The van der Waals surface area contributed by atoms with Gasteiger partial charge in [-0.25, -0.2) is 4.98 Å². The van der Waals surface area contributed by atoms with Crippen molar-refractivity contribution in [3.63, 3.8) is 0 Å². The predicted molar refractivity (Wildman–Crippen MR) is 147 cm³/mol. The third-order valence-electron chi connectivity index (χ3n) is 6.91. The molecule has 1 amide bonds. The minimum absolute atomic E-state index is 0.210. The lowest BCUT2D eigenvalue weighted by Gasteiger charge is -2.35. The molecule has 1 aliphatic carbocycles. The Morgan fingerprint density at radius 3 is 2.74 bits per heavy atom. The lowest BCUT2D eigenvalue weighted by atomic mass is 9.90. The van der Waals surface area contributed by atoms with E-state index in [1.54, 1.807) is 18.5 Å². The van der Waals surface area contributed by atoms with Gasteiger partial charge in [0.25, 0.3) is 5.91 Å². The van der Waals surface area contributed by atoms with E-state index in [0.717, 1.165) is 43.9 Å². The van der Waals surface area contributed by atoms with Crippen molar-refractivity contribution in [2.75, 3.05) is 13.1 Å². The normalized spacial score (nSPS) is 14.8. The zero-order valence-electron chi connectivity index (χ0n) is 21.2. The Bertz CT molecular complexity index is 1330. The Hall–Kier alpha value is -3.59. The van der Waals surface area contributed by atoms with Gasteiger partial charge in [0.15, 0.2) is 0 Å². The van der Waals surface area contributed by atoms with Crippen LogP contribution in [0, 0.1) is 0 Å². The zero-order chi connectivity index (χ0) is 26.2. The monoisotopic (exact) mass is 529 g/mol. The number of aryl methyl sites for hydroxylation is 1. The molecule has 0 spiro atoms. The van der Waals surface area contributed by atoms with E-state index in [1.165, 1.54) is 29.4 Å². The summed E-state index contributed by atoms with van der Waals surface area (Å²) in [6.07, 6.45) is 11.9. The molecule has 0 saturated carbocycles. The molecule has 9 heteroatoms. The van der Waals surface area contributed by atoms with Crippen LogP contribution in [0.4, 0.5) is 0 Å². The highest BCUT2D eigenvalue weighted by atomic mass is 35.5. The smallest absolute Gasteiger partial charge is 0.253 e. The molecule has 38 heavy (non-hydrogen) atoms. The molecule has 1 aromatic carbocycles. The van der Waals surface area contributed by atoms with Gasteiger partial charge in [0.2, 0.25) is 0 Å². The van der Waals surface area contributed by atoms with E-state index in [0.29, 0.717) is 23.7 Å². The second-order valence-electron chi connectivity index (χ2n) is 9.49. The number of nitrogens with zero attached hydrogens (tertiary/aromatic N) is 4. The highest BCUT2D eigenvalue weighted by molar-refractivity contribution is 6.33. The van der Waals surface area contributed by atoms with E-state index in [4.69, 9.17) is 16.6 Å². The van der Waals surface area contributed by atoms with E-state index < -0.39 is 0 Å². The lowest BCUT2D eigenvalue weighted by molar-refractivity contribution is 0.0951. The molecule has 3 heterocycles. The number of hydrogen-bond donors (Lipinski definition) is 3. The van der Waals surface area contributed by atoms with Crippen molar-refractivity contribution >= 4 is 17.5 Å². The first-order chi connectivity index (χ1) is 18.7. The number of hydrogen-bond acceptors (Lipinski definition) is 6. The quantitative estimate of drug-likeness (QED) is 0.248. The van der Waals surface area contributed by atoms with E-state index in [-0.39, 0.29) is 11.9 Å². The zero-order valence-corrected chi connectivity index (χ0v) is 22.0. The van der Waals surface area contributed by atoms with Crippen molar-refractivity contribution in [1.29, 1.82) is 0 Å². The molecule has 0 bridgehead atoms. The maximum Gasteiger partial charge on any atom is 0.253 e. The summed E-state index contributed by atoms with van der Waals surface area (Å²) in [5, 5.41) is 6.80. The molecule has 5 rings (SSSR count). The summed E-state index contributed by atoms with van der Waals surface area (Å²) >= 11 is 6.10. The molecule has 196 valence electrons. The summed E-state index contributed by atoms with van der Waals surface area (Å²) in [5.41, 5.74) is 5.25.